The standard InChI is InChI=1S/C17H15ClN4O2/c1-11-9-22(15-5-3-2-4-13(15)18)21-16(11)17(24)20-14-8-19-7-6-12(14)10-23/h2-9,23H,10H2,1H3,(H,20,24). The van der Waals surface area contributed by atoms with Gasteiger partial charge in [0.1, 0.15) is 0 Å². The maximum atomic E-state index is 12.5. The molecule has 0 spiro atoms. The second-order valence-corrected chi connectivity index (χ2v) is 5.61. The number of halogens is 1. The van der Waals surface area contributed by atoms with Crippen molar-refractivity contribution in [2.75, 3.05) is 5.32 Å². The molecule has 122 valence electrons. The van der Waals surface area contributed by atoms with E-state index in [1.54, 1.807) is 36.1 Å². The highest BCUT2D eigenvalue weighted by Crippen LogP contribution is 2.21. The molecule has 0 radical (unpaired) electrons. The van der Waals surface area contributed by atoms with E-state index in [-0.39, 0.29) is 18.2 Å². The van der Waals surface area contributed by atoms with Gasteiger partial charge in [0.05, 0.1) is 29.2 Å². The number of aliphatic hydroxyl groups is 1. The Morgan fingerprint density at radius 2 is 2.12 bits per heavy atom. The van der Waals surface area contributed by atoms with Gasteiger partial charge in [-0.05, 0) is 25.1 Å². The van der Waals surface area contributed by atoms with E-state index in [0.717, 1.165) is 0 Å². The lowest BCUT2D eigenvalue weighted by Crippen LogP contribution is -2.15. The molecule has 2 N–H and O–H groups in total. The molecule has 0 aliphatic heterocycles. The number of aromatic nitrogens is 3. The molecule has 0 fully saturated rings. The average molecular weight is 343 g/mol. The van der Waals surface area contributed by atoms with Crippen LogP contribution in [0.3, 0.4) is 0 Å². The van der Waals surface area contributed by atoms with Crippen LogP contribution in [0, 0.1) is 6.92 Å². The van der Waals surface area contributed by atoms with Crippen LogP contribution in [0.25, 0.3) is 5.69 Å². The van der Waals surface area contributed by atoms with Crippen molar-refractivity contribution in [1.29, 1.82) is 0 Å². The number of hydrogen-bond donors (Lipinski definition) is 2. The second-order valence-electron chi connectivity index (χ2n) is 5.20. The van der Waals surface area contributed by atoms with E-state index in [2.05, 4.69) is 15.4 Å². The summed E-state index contributed by atoms with van der Waals surface area (Å²) in [5, 5.41) is 16.9. The molecule has 7 heteroatoms. The summed E-state index contributed by atoms with van der Waals surface area (Å²) >= 11 is 6.17. The Morgan fingerprint density at radius 3 is 2.88 bits per heavy atom. The summed E-state index contributed by atoms with van der Waals surface area (Å²) in [5.74, 6) is -0.374. The molecule has 24 heavy (non-hydrogen) atoms. The molecular formula is C17H15ClN4O2. The van der Waals surface area contributed by atoms with E-state index in [9.17, 15) is 9.90 Å². The maximum absolute atomic E-state index is 12.5. The first-order valence-electron chi connectivity index (χ1n) is 7.26. The summed E-state index contributed by atoms with van der Waals surface area (Å²) in [6.07, 6.45) is 4.79. The SMILES string of the molecule is Cc1cn(-c2ccccc2Cl)nc1C(=O)Nc1cnccc1CO. The number of nitrogens with zero attached hydrogens (tertiary/aromatic N) is 3. The number of pyridine rings is 1. The zero-order chi connectivity index (χ0) is 17.1. The molecular weight excluding hydrogens is 328 g/mol. The van der Waals surface area contributed by atoms with Crippen molar-refractivity contribution in [3.63, 3.8) is 0 Å². The number of amides is 1. The molecule has 3 rings (SSSR count). The Labute approximate surface area is 143 Å². The minimum Gasteiger partial charge on any atom is -0.392 e. The molecule has 0 atom stereocenters. The lowest BCUT2D eigenvalue weighted by Gasteiger charge is -2.07. The summed E-state index contributed by atoms with van der Waals surface area (Å²) in [6, 6.07) is 8.90. The van der Waals surface area contributed by atoms with Crippen molar-refractivity contribution >= 4 is 23.2 Å². The summed E-state index contributed by atoms with van der Waals surface area (Å²) in [4.78, 5) is 16.5. The summed E-state index contributed by atoms with van der Waals surface area (Å²) in [5.41, 5.74) is 2.72. The van der Waals surface area contributed by atoms with Crippen molar-refractivity contribution in [3.05, 3.63) is 70.8 Å². The number of benzene rings is 1. The Hall–Kier alpha value is -2.70. The number of aliphatic hydroxyl groups excluding tert-OH is 1. The van der Waals surface area contributed by atoms with Gasteiger partial charge in [-0.1, -0.05) is 23.7 Å². The van der Waals surface area contributed by atoms with Crippen LogP contribution in [0.1, 0.15) is 21.6 Å². The molecule has 0 saturated heterocycles. The van der Waals surface area contributed by atoms with Gasteiger partial charge in [0.2, 0.25) is 0 Å². The van der Waals surface area contributed by atoms with E-state index >= 15 is 0 Å². The fourth-order valence-corrected chi connectivity index (χ4v) is 2.52. The number of para-hydroxylation sites is 1. The van der Waals surface area contributed by atoms with Gasteiger partial charge in [0.15, 0.2) is 5.69 Å². The molecule has 2 heterocycles. The lowest BCUT2D eigenvalue weighted by atomic mass is 10.2. The zero-order valence-corrected chi connectivity index (χ0v) is 13.7. The monoisotopic (exact) mass is 342 g/mol. The minimum atomic E-state index is -0.374. The smallest absolute Gasteiger partial charge is 0.276 e. The number of anilines is 1. The van der Waals surface area contributed by atoms with Gasteiger partial charge < -0.3 is 10.4 Å². The van der Waals surface area contributed by atoms with Gasteiger partial charge in [-0.3, -0.25) is 9.78 Å². The lowest BCUT2D eigenvalue weighted by molar-refractivity contribution is 0.102. The van der Waals surface area contributed by atoms with E-state index < -0.39 is 0 Å². The van der Waals surface area contributed by atoms with Crippen LogP contribution in [0.5, 0.6) is 0 Å². The van der Waals surface area contributed by atoms with Gasteiger partial charge in [0.25, 0.3) is 5.91 Å². The summed E-state index contributed by atoms with van der Waals surface area (Å²) < 4.78 is 1.57. The van der Waals surface area contributed by atoms with Crippen LogP contribution in [-0.4, -0.2) is 25.8 Å². The number of aryl methyl sites for hydroxylation is 1. The number of carbonyl (C=O) groups excluding carboxylic acids is 1. The number of rotatable bonds is 4. The molecule has 6 nitrogen and oxygen atoms in total. The first-order valence-corrected chi connectivity index (χ1v) is 7.64. The molecule has 0 aliphatic rings. The first kappa shape index (κ1) is 16.2. The molecule has 1 aromatic carbocycles. The number of hydrogen-bond acceptors (Lipinski definition) is 4. The van der Waals surface area contributed by atoms with Crippen molar-refractivity contribution in [3.8, 4) is 5.69 Å². The molecule has 0 bridgehead atoms. The van der Waals surface area contributed by atoms with E-state index in [1.807, 2.05) is 18.2 Å². The maximum Gasteiger partial charge on any atom is 0.276 e. The van der Waals surface area contributed by atoms with Crippen molar-refractivity contribution in [1.82, 2.24) is 14.8 Å². The van der Waals surface area contributed by atoms with Gasteiger partial charge >= 0.3 is 0 Å². The third kappa shape index (κ3) is 3.15. The third-order valence-electron chi connectivity index (χ3n) is 3.54. The van der Waals surface area contributed by atoms with E-state index in [1.165, 1.54) is 6.20 Å². The quantitative estimate of drug-likeness (QED) is 0.764. The Morgan fingerprint density at radius 1 is 1.33 bits per heavy atom. The fourth-order valence-electron chi connectivity index (χ4n) is 2.30. The van der Waals surface area contributed by atoms with Crippen molar-refractivity contribution in [2.24, 2.45) is 0 Å². The normalized spacial score (nSPS) is 10.6. The molecule has 1 amide bonds. The van der Waals surface area contributed by atoms with Gasteiger partial charge in [-0.15, -0.1) is 0 Å². The highest BCUT2D eigenvalue weighted by molar-refractivity contribution is 6.32. The van der Waals surface area contributed by atoms with Gasteiger partial charge in [-0.2, -0.15) is 5.10 Å². The van der Waals surface area contributed by atoms with E-state index in [0.29, 0.717) is 27.5 Å². The van der Waals surface area contributed by atoms with Crippen LogP contribution >= 0.6 is 11.6 Å². The zero-order valence-electron chi connectivity index (χ0n) is 12.9. The third-order valence-corrected chi connectivity index (χ3v) is 3.86. The number of carbonyl (C=O) groups is 1. The second kappa shape index (κ2) is 6.82. The molecule has 3 aromatic rings. The molecule has 0 saturated carbocycles. The van der Waals surface area contributed by atoms with Crippen LogP contribution in [0.15, 0.2) is 48.9 Å². The van der Waals surface area contributed by atoms with E-state index in [4.69, 9.17) is 11.6 Å². The summed E-state index contributed by atoms with van der Waals surface area (Å²) in [6.45, 7) is 1.61. The molecule has 0 unspecified atom stereocenters. The van der Waals surface area contributed by atoms with Crippen LogP contribution in [0.2, 0.25) is 5.02 Å². The van der Waals surface area contributed by atoms with Crippen molar-refractivity contribution < 1.29 is 9.90 Å². The number of nitrogens with one attached hydrogen (secondary N) is 1. The largest absolute Gasteiger partial charge is 0.392 e. The fraction of sp³-hybridized carbons (Fsp3) is 0.118. The highest BCUT2D eigenvalue weighted by atomic mass is 35.5. The Balaban J connectivity index is 1.90. The average Bonchev–Trinajstić information content (AvgIpc) is 2.97. The van der Waals surface area contributed by atoms with Crippen LogP contribution in [-0.2, 0) is 6.61 Å². The highest BCUT2D eigenvalue weighted by Gasteiger charge is 2.17. The topological polar surface area (TPSA) is 80.0 Å². The summed E-state index contributed by atoms with van der Waals surface area (Å²) in [7, 11) is 0. The molecule has 0 aliphatic carbocycles. The predicted octanol–water partition coefficient (Wildman–Crippen LogP) is 2.97. The van der Waals surface area contributed by atoms with Gasteiger partial charge in [0, 0.05) is 23.5 Å². The first-order chi connectivity index (χ1) is 11.6. The van der Waals surface area contributed by atoms with Crippen LogP contribution in [0.4, 0.5) is 5.69 Å². The predicted molar refractivity (Wildman–Crippen MR) is 91.4 cm³/mol. The van der Waals surface area contributed by atoms with Crippen LogP contribution < -0.4 is 5.32 Å². The molecule has 2 aromatic heterocycles. The van der Waals surface area contributed by atoms with Gasteiger partial charge in [-0.25, -0.2) is 4.68 Å². The Bertz CT molecular complexity index is 892. The van der Waals surface area contributed by atoms with Crippen molar-refractivity contribution in [2.45, 2.75) is 13.5 Å². The minimum absolute atomic E-state index is 0.189. The Kier molecular flexibility index (Phi) is 4.59.